The summed E-state index contributed by atoms with van der Waals surface area (Å²) in [6, 6.07) is 0. The monoisotopic (exact) mass is 220 g/mol. The van der Waals surface area contributed by atoms with Crippen LogP contribution in [-0.4, -0.2) is 37.5 Å². The van der Waals surface area contributed by atoms with Crippen molar-refractivity contribution in [2.75, 3.05) is 26.2 Å². The third-order valence-electron chi connectivity index (χ3n) is 3.09. The van der Waals surface area contributed by atoms with Crippen LogP contribution in [0, 0.1) is 5.92 Å². The fraction of sp³-hybridized carbons (Fsp3) is 1.00. The van der Waals surface area contributed by atoms with E-state index in [1.54, 1.807) is 0 Å². The zero-order chi connectivity index (χ0) is 11.1. The highest BCUT2D eigenvalue weighted by atomic mass is 19.3. The van der Waals surface area contributed by atoms with Crippen molar-refractivity contribution in [1.29, 1.82) is 0 Å². The summed E-state index contributed by atoms with van der Waals surface area (Å²) in [7, 11) is 0. The normalized spacial score (nSPS) is 24.4. The van der Waals surface area contributed by atoms with E-state index >= 15 is 0 Å². The van der Waals surface area contributed by atoms with Gasteiger partial charge in [-0.25, -0.2) is 8.78 Å². The molecule has 0 bridgehead atoms. The summed E-state index contributed by atoms with van der Waals surface area (Å²) in [6.45, 7) is 3.20. The van der Waals surface area contributed by atoms with Crippen molar-refractivity contribution in [2.24, 2.45) is 11.7 Å². The summed E-state index contributed by atoms with van der Waals surface area (Å²) in [5.74, 6) is 0.621. The van der Waals surface area contributed by atoms with Gasteiger partial charge >= 0.3 is 0 Å². The van der Waals surface area contributed by atoms with Crippen molar-refractivity contribution in [3.8, 4) is 0 Å². The Hall–Kier alpha value is -0.220. The van der Waals surface area contributed by atoms with Gasteiger partial charge in [-0.15, -0.1) is 0 Å². The molecule has 1 heterocycles. The van der Waals surface area contributed by atoms with Crippen molar-refractivity contribution in [1.82, 2.24) is 4.90 Å². The highest BCUT2D eigenvalue weighted by molar-refractivity contribution is 4.71. The average Bonchev–Trinajstić information content (AvgIpc) is 2.41. The Kier molecular flexibility index (Phi) is 6.10. The maximum atomic E-state index is 12.1. The third-order valence-corrected chi connectivity index (χ3v) is 3.09. The molecule has 1 atom stereocenters. The second-order valence-electron chi connectivity index (χ2n) is 4.42. The number of halogens is 2. The van der Waals surface area contributed by atoms with Gasteiger partial charge in [0, 0.05) is 19.5 Å². The molecule has 2 N–H and O–H groups in total. The number of nitrogens with two attached hydrogens (primary N) is 1. The molecule has 90 valence electrons. The summed E-state index contributed by atoms with van der Waals surface area (Å²) in [5, 5.41) is 0. The van der Waals surface area contributed by atoms with E-state index in [1.165, 1.54) is 12.8 Å². The molecular weight excluding hydrogens is 198 g/mol. The largest absolute Gasteiger partial charge is 0.330 e. The van der Waals surface area contributed by atoms with Crippen molar-refractivity contribution >= 4 is 0 Å². The van der Waals surface area contributed by atoms with E-state index in [0.717, 1.165) is 25.9 Å². The number of alkyl halides is 2. The van der Waals surface area contributed by atoms with E-state index in [4.69, 9.17) is 5.73 Å². The van der Waals surface area contributed by atoms with E-state index in [9.17, 15) is 8.78 Å². The van der Waals surface area contributed by atoms with Crippen molar-refractivity contribution in [2.45, 2.75) is 38.5 Å². The van der Waals surface area contributed by atoms with Crippen LogP contribution in [0.2, 0.25) is 0 Å². The van der Waals surface area contributed by atoms with Gasteiger partial charge in [0.15, 0.2) is 0 Å². The van der Waals surface area contributed by atoms with E-state index in [2.05, 4.69) is 4.90 Å². The minimum absolute atomic E-state index is 0.00927. The lowest BCUT2D eigenvalue weighted by Gasteiger charge is -2.23. The molecule has 0 saturated carbocycles. The van der Waals surface area contributed by atoms with Gasteiger partial charge in [0.2, 0.25) is 6.43 Å². The second kappa shape index (κ2) is 7.12. The smallest absolute Gasteiger partial charge is 0.239 e. The maximum absolute atomic E-state index is 12.1. The zero-order valence-corrected chi connectivity index (χ0v) is 9.30. The number of hydrogen-bond donors (Lipinski definition) is 1. The molecule has 1 rings (SSSR count). The van der Waals surface area contributed by atoms with Gasteiger partial charge in [0.1, 0.15) is 0 Å². The number of nitrogens with zero attached hydrogens (tertiary/aromatic N) is 1. The molecule has 0 spiro atoms. The molecule has 1 saturated heterocycles. The van der Waals surface area contributed by atoms with Gasteiger partial charge in [0.25, 0.3) is 0 Å². The fourth-order valence-corrected chi connectivity index (χ4v) is 2.27. The molecule has 15 heavy (non-hydrogen) atoms. The summed E-state index contributed by atoms with van der Waals surface area (Å²) >= 11 is 0. The van der Waals surface area contributed by atoms with Crippen LogP contribution in [-0.2, 0) is 0 Å². The van der Waals surface area contributed by atoms with Gasteiger partial charge in [-0.05, 0) is 38.3 Å². The van der Waals surface area contributed by atoms with Crippen LogP contribution in [0.5, 0.6) is 0 Å². The molecule has 2 nitrogen and oxygen atoms in total. The molecule has 0 aromatic carbocycles. The lowest BCUT2D eigenvalue weighted by molar-refractivity contribution is 0.113. The first-order valence-corrected chi connectivity index (χ1v) is 5.93. The van der Waals surface area contributed by atoms with Crippen molar-refractivity contribution in [3.05, 3.63) is 0 Å². The minimum atomic E-state index is -2.17. The van der Waals surface area contributed by atoms with Crippen LogP contribution in [0.15, 0.2) is 0 Å². The van der Waals surface area contributed by atoms with E-state index < -0.39 is 6.43 Å². The summed E-state index contributed by atoms with van der Waals surface area (Å²) in [6.07, 6.45) is 2.45. The third kappa shape index (κ3) is 5.42. The molecular formula is C11H22F2N2. The Morgan fingerprint density at radius 1 is 1.33 bits per heavy atom. The Morgan fingerprint density at radius 2 is 2.13 bits per heavy atom. The van der Waals surface area contributed by atoms with Crippen LogP contribution in [0.25, 0.3) is 0 Å². The topological polar surface area (TPSA) is 29.3 Å². The highest BCUT2D eigenvalue weighted by Gasteiger charge is 2.18. The zero-order valence-electron chi connectivity index (χ0n) is 9.30. The van der Waals surface area contributed by atoms with Gasteiger partial charge in [-0.3, -0.25) is 0 Å². The summed E-state index contributed by atoms with van der Waals surface area (Å²) in [4.78, 5) is 2.18. The number of hydrogen-bond acceptors (Lipinski definition) is 2. The van der Waals surface area contributed by atoms with E-state index in [1.807, 2.05) is 0 Å². The van der Waals surface area contributed by atoms with Crippen LogP contribution < -0.4 is 5.73 Å². The quantitative estimate of drug-likeness (QED) is 0.768. The average molecular weight is 220 g/mol. The number of likely N-dealkylation sites (tertiary alicyclic amines) is 1. The summed E-state index contributed by atoms with van der Waals surface area (Å²) in [5.41, 5.74) is 5.54. The van der Waals surface area contributed by atoms with E-state index in [-0.39, 0.29) is 6.42 Å². The lowest BCUT2D eigenvalue weighted by Crippen LogP contribution is -2.31. The van der Waals surface area contributed by atoms with Crippen LogP contribution in [0.1, 0.15) is 32.1 Å². The fourth-order valence-electron chi connectivity index (χ4n) is 2.27. The first-order valence-electron chi connectivity index (χ1n) is 5.93. The molecule has 0 aromatic heterocycles. The lowest BCUT2D eigenvalue weighted by atomic mass is 10.00. The first-order chi connectivity index (χ1) is 7.22. The SMILES string of the molecule is NCCC1CCCCN(CCC(F)F)C1. The molecule has 1 fully saturated rings. The van der Waals surface area contributed by atoms with Gasteiger partial charge in [0.05, 0.1) is 0 Å². The standard InChI is InChI=1S/C11H22F2N2/c12-11(13)5-8-15-7-2-1-3-10(9-15)4-6-14/h10-11H,1-9,14H2. The van der Waals surface area contributed by atoms with Crippen LogP contribution in [0.4, 0.5) is 8.78 Å². The van der Waals surface area contributed by atoms with Gasteiger partial charge in [-0.1, -0.05) is 6.42 Å². The number of rotatable bonds is 5. The van der Waals surface area contributed by atoms with Crippen LogP contribution in [0.3, 0.4) is 0 Å². The molecule has 0 amide bonds. The predicted molar refractivity (Wildman–Crippen MR) is 58.1 cm³/mol. The predicted octanol–water partition coefficient (Wildman–Crippen LogP) is 2.09. The Bertz CT molecular complexity index is 165. The Balaban J connectivity index is 2.28. The molecule has 1 unspecified atom stereocenters. The molecule has 0 aromatic rings. The Morgan fingerprint density at radius 3 is 2.80 bits per heavy atom. The van der Waals surface area contributed by atoms with Crippen molar-refractivity contribution in [3.63, 3.8) is 0 Å². The highest BCUT2D eigenvalue weighted by Crippen LogP contribution is 2.19. The molecule has 1 aliphatic rings. The van der Waals surface area contributed by atoms with Crippen LogP contribution >= 0.6 is 0 Å². The van der Waals surface area contributed by atoms with E-state index in [0.29, 0.717) is 19.0 Å². The molecule has 0 radical (unpaired) electrons. The van der Waals surface area contributed by atoms with Crippen molar-refractivity contribution < 1.29 is 8.78 Å². The minimum Gasteiger partial charge on any atom is -0.330 e. The molecule has 1 aliphatic heterocycles. The van der Waals surface area contributed by atoms with Gasteiger partial charge in [-0.2, -0.15) is 0 Å². The first kappa shape index (κ1) is 12.8. The second-order valence-corrected chi connectivity index (χ2v) is 4.42. The van der Waals surface area contributed by atoms with Gasteiger partial charge < -0.3 is 10.6 Å². The maximum Gasteiger partial charge on any atom is 0.239 e. The summed E-state index contributed by atoms with van der Waals surface area (Å²) < 4.78 is 24.2. The molecule has 4 heteroatoms. The Labute approximate surface area is 90.8 Å². The molecule has 0 aliphatic carbocycles.